The summed E-state index contributed by atoms with van der Waals surface area (Å²) in [5.74, 6) is 5.63. The molecule has 5 nitrogen and oxygen atoms in total. The molecule has 7 heteroatoms. The lowest BCUT2D eigenvalue weighted by Gasteiger charge is -2.13. The van der Waals surface area contributed by atoms with E-state index < -0.39 is 0 Å². The van der Waals surface area contributed by atoms with Crippen molar-refractivity contribution >= 4 is 11.6 Å². The molecule has 0 aliphatic heterocycles. The number of hydrazine groups is 1. The third-order valence-corrected chi connectivity index (χ3v) is 2.63. The van der Waals surface area contributed by atoms with E-state index in [0.29, 0.717) is 22.8 Å². The molecule has 0 aliphatic rings. The molecule has 0 radical (unpaired) electrons. The minimum absolute atomic E-state index is 0.325. The van der Waals surface area contributed by atoms with Crippen LogP contribution in [0, 0.1) is 5.82 Å². The van der Waals surface area contributed by atoms with Crippen LogP contribution >= 0.6 is 11.6 Å². The first-order valence-electron chi connectivity index (χ1n) is 4.96. The fourth-order valence-corrected chi connectivity index (χ4v) is 1.73. The summed E-state index contributed by atoms with van der Waals surface area (Å²) < 4.78 is 13.5. The Kier molecular flexibility index (Phi) is 3.68. The second-order valence-electron chi connectivity index (χ2n) is 3.53. The van der Waals surface area contributed by atoms with Crippen LogP contribution in [0.3, 0.4) is 0 Å². The van der Waals surface area contributed by atoms with Gasteiger partial charge in [-0.25, -0.2) is 14.8 Å². The number of rotatable bonds is 4. The largest absolute Gasteiger partial charge is 0.271 e. The number of nitrogens with one attached hydrogen (secondary N) is 2. The smallest absolute Gasteiger partial charge is 0.143 e. The van der Waals surface area contributed by atoms with Crippen molar-refractivity contribution in [1.82, 2.24) is 20.6 Å². The van der Waals surface area contributed by atoms with Crippen LogP contribution in [-0.4, -0.2) is 15.2 Å². The molecule has 90 valence electrons. The van der Waals surface area contributed by atoms with E-state index in [-0.39, 0.29) is 11.9 Å². The zero-order valence-electron chi connectivity index (χ0n) is 8.82. The topological polar surface area (TPSA) is 79.6 Å². The van der Waals surface area contributed by atoms with E-state index in [0.717, 1.165) is 0 Å². The Labute approximate surface area is 102 Å². The molecule has 1 atom stereocenters. The van der Waals surface area contributed by atoms with Crippen molar-refractivity contribution in [3.05, 3.63) is 46.8 Å². The maximum absolute atomic E-state index is 13.5. The van der Waals surface area contributed by atoms with Gasteiger partial charge in [-0.1, -0.05) is 11.6 Å². The summed E-state index contributed by atoms with van der Waals surface area (Å²) in [5.41, 5.74) is 3.03. The van der Waals surface area contributed by atoms with Crippen molar-refractivity contribution in [2.24, 2.45) is 5.84 Å². The lowest BCUT2D eigenvalue weighted by atomic mass is 10.1. The van der Waals surface area contributed by atoms with Crippen LogP contribution in [0.25, 0.3) is 0 Å². The van der Waals surface area contributed by atoms with Crippen LogP contribution in [-0.2, 0) is 6.42 Å². The van der Waals surface area contributed by atoms with E-state index in [1.54, 1.807) is 6.07 Å². The molecule has 0 spiro atoms. The predicted octanol–water partition coefficient (Wildman–Crippen LogP) is 1.34. The Bertz CT molecular complexity index is 487. The normalized spacial score (nSPS) is 12.6. The van der Waals surface area contributed by atoms with E-state index >= 15 is 0 Å². The Morgan fingerprint density at radius 2 is 2.35 bits per heavy atom. The average molecular weight is 256 g/mol. The van der Waals surface area contributed by atoms with Gasteiger partial charge in [0.2, 0.25) is 0 Å². The zero-order chi connectivity index (χ0) is 12.3. The van der Waals surface area contributed by atoms with E-state index in [1.807, 2.05) is 0 Å². The molecule has 2 aromatic rings. The molecule has 1 aromatic carbocycles. The molecule has 0 aliphatic carbocycles. The van der Waals surface area contributed by atoms with Crippen molar-refractivity contribution < 1.29 is 4.39 Å². The van der Waals surface area contributed by atoms with Crippen LogP contribution in [0.5, 0.6) is 0 Å². The molecule has 4 N–H and O–H groups in total. The van der Waals surface area contributed by atoms with Gasteiger partial charge in [-0.2, -0.15) is 5.10 Å². The summed E-state index contributed by atoms with van der Waals surface area (Å²) in [6.07, 6.45) is 1.70. The number of aromatic amines is 1. The third-order valence-electron chi connectivity index (χ3n) is 2.40. The van der Waals surface area contributed by atoms with Gasteiger partial charge in [-0.15, -0.1) is 0 Å². The highest BCUT2D eigenvalue weighted by Gasteiger charge is 2.15. The van der Waals surface area contributed by atoms with Gasteiger partial charge in [0.15, 0.2) is 0 Å². The van der Waals surface area contributed by atoms with Crippen LogP contribution in [0.2, 0.25) is 5.02 Å². The van der Waals surface area contributed by atoms with Gasteiger partial charge < -0.3 is 0 Å². The molecule has 0 amide bonds. The summed E-state index contributed by atoms with van der Waals surface area (Å²) in [5, 5.41) is 6.89. The minimum Gasteiger partial charge on any atom is -0.271 e. The first-order valence-corrected chi connectivity index (χ1v) is 5.34. The average Bonchev–Trinajstić information content (AvgIpc) is 2.84. The minimum atomic E-state index is -0.342. The highest BCUT2D eigenvalue weighted by molar-refractivity contribution is 6.30. The van der Waals surface area contributed by atoms with E-state index in [4.69, 9.17) is 17.4 Å². The summed E-state index contributed by atoms with van der Waals surface area (Å²) in [6.45, 7) is 0. The second-order valence-corrected chi connectivity index (χ2v) is 3.97. The summed E-state index contributed by atoms with van der Waals surface area (Å²) in [6, 6.07) is 4.05. The molecule has 0 saturated heterocycles. The summed E-state index contributed by atoms with van der Waals surface area (Å²) in [4.78, 5) is 3.97. The zero-order valence-corrected chi connectivity index (χ0v) is 9.58. The second kappa shape index (κ2) is 5.22. The van der Waals surface area contributed by atoms with Gasteiger partial charge in [0, 0.05) is 5.02 Å². The van der Waals surface area contributed by atoms with Crippen molar-refractivity contribution in [1.29, 1.82) is 0 Å². The first kappa shape index (κ1) is 12.0. The van der Waals surface area contributed by atoms with Gasteiger partial charge in [-0.05, 0) is 30.2 Å². The van der Waals surface area contributed by atoms with Gasteiger partial charge in [-0.3, -0.25) is 10.9 Å². The molecule has 0 bridgehead atoms. The molecular formula is C10H11ClFN5. The monoisotopic (exact) mass is 255 g/mol. The molecule has 17 heavy (non-hydrogen) atoms. The Morgan fingerprint density at radius 3 is 3.00 bits per heavy atom. The molecule has 0 saturated carbocycles. The number of nitrogens with two attached hydrogens (primary N) is 1. The first-order chi connectivity index (χ1) is 8.20. The predicted molar refractivity (Wildman–Crippen MR) is 61.6 cm³/mol. The molecule has 0 fully saturated rings. The number of halogens is 2. The molecular weight excluding hydrogens is 245 g/mol. The third kappa shape index (κ3) is 2.79. The van der Waals surface area contributed by atoms with Gasteiger partial charge in [0.1, 0.15) is 18.0 Å². The molecule has 1 heterocycles. The Hall–Kier alpha value is -1.50. The van der Waals surface area contributed by atoms with Gasteiger partial charge >= 0.3 is 0 Å². The van der Waals surface area contributed by atoms with E-state index in [1.165, 1.54) is 18.5 Å². The van der Waals surface area contributed by atoms with Crippen LogP contribution in [0.4, 0.5) is 4.39 Å². The van der Waals surface area contributed by atoms with Crippen LogP contribution < -0.4 is 11.3 Å². The highest BCUT2D eigenvalue weighted by atomic mass is 35.5. The van der Waals surface area contributed by atoms with Crippen LogP contribution in [0.15, 0.2) is 24.5 Å². The fourth-order valence-electron chi connectivity index (χ4n) is 1.54. The number of benzene rings is 1. The molecule has 2 rings (SSSR count). The van der Waals surface area contributed by atoms with Crippen LogP contribution in [0.1, 0.15) is 17.4 Å². The SMILES string of the molecule is NNC(Cc1cc(Cl)ccc1F)c1ncn[nH]1. The van der Waals surface area contributed by atoms with Gasteiger partial charge in [0.25, 0.3) is 0 Å². The lowest BCUT2D eigenvalue weighted by molar-refractivity contribution is 0.508. The highest BCUT2D eigenvalue weighted by Crippen LogP contribution is 2.20. The quantitative estimate of drug-likeness (QED) is 0.569. The number of hydrogen-bond acceptors (Lipinski definition) is 4. The summed E-state index contributed by atoms with van der Waals surface area (Å²) >= 11 is 5.81. The molecule has 1 aromatic heterocycles. The number of nitrogens with zero attached hydrogens (tertiary/aromatic N) is 2. The Balaban J connectivity index is 2.21. The lowest BCUT2D eigenvalue weighted by Crippen LogP contribution is -2.30. The molecule has 1 unspecified atom stereocenters. The van der Waals surface area contributed by atoms with Crippen molar-refractivity contribution in [2.75, 3.05) is 0 Å². The number of aromatic nitrogens is 3. The van der Waals surface area contributed by atoms with E-state index in [9.17, 15) is 4.39 Å². The fraction of sp³-hybridized carbons (Fsp3) is 0.200. The summed E-state index contributed by atoms with van der Waals surface area (Å²) in [7, 11) is 0. The van der Waals surface area contributed by atoms with Gasteiger partial charge in [0.05, 0.1) is 6.04 Å². The number of hydrogen-bond donors (Lipinski definition) is 3. The van der Waals surface area contributed by atoms with Crippen molar-refractivity contribution in [2.45, 2.75) is 12.5 Å². The van der Waals surface area contributed by atoms with Crippen molar-refractivity contribution in [3.8, 4) is 0 Å². The van der Waals surface area contributed by atoms with E-state index in [2.05, 4.69) is 20.6 Å². The Morgan fingerprint density at radius 1 is 1.53 bits per heavy atom. The standard InChI is InChI=1S/C10H11ClFN5/c11-7-1-2-8(12)6(3-7)4-9(16-13)10-14-5-15-17-10/h1-3,5,9,16H,4,13H2,(H,14,15,17). The number of H-pyrrole nitrogens is 1. The maximum Gasteiger partial charge on any atom is 0.143 e. The maximum atomic E-state index is 13.5. The van der Waals surface area contributed by atoms with Crippen molar-refractivity contribution in [3.63, 3.8) is 0 Å².